The van der Waals surface area contributed by atoms with Crippen molar-refractivity contribution in [1.82, 2.24) is 24.7 Å². The number of nitrogens with zero attached hydrogens (tertiary/aromatic N) is 5. The monoisotopic (exact) mass is 353 g/mol. The maximum absolute atomic E-state index is 14.7. The van der Waals surface area contributed by atoms with Gasteiger partial charge in [-0.3, -0.25) is 4.68 Å². The number of aryl methyl sites for hydroxylation is 2. The Morgan fingerprint density at radius 2 is 2.15 bits per heavy atom. The summed E-state index contributed by atoms with van der Waals surface area (Å²) in [6.07, 6.45) is 7.05. The number of anilines is 2. The van der Waals surface area contributed by atoms with Crippen molar-refractivity contribution in [1.29, 1.82) is 0 Å². The maximum Gasteiger partial charge on any atom is 0.231 e. The molecule has 2 heterocycles. The standard InChI is InChI=1S/C18H20FN7/c1-26-7-6-16(25-26)23-18-22-10-21-17(24-18)13-8-11-4-2-3-5-15(20)12(11)9-14(13)19/h6-10,15H,2-5,20H2,1H3,(H,21,22,23,24,25)/t15-/m1/s1. The van der Waals surface area contributed by atoms with Crippen molar-refractivity contribution in [3.05, 3.63) is 47.7 Å². The first-order valence-corrected chi connectivity index (χ1v) is 8.64. The molecule has 26 heavy (non-hydrogen) atoms. The average molecular weight is 353 g/mol. The Hall–Kier alpha value is -2.87. The fourth-order valence-corrected chi connectivity index (χ4v) is 3.28. The van der Waals surface area contributed by atoms with Crippen LogP contribution in [0.25, 0.3) is 11.4 Å². The minimum Gasteiger partial charge on any atom is -0.324 e. The quantitative estimate of drug-likeness (QED) is 0.703. The van der Waals surface area contributed by atoms with Crippen LogP contribution in [-0.2, 0) is 13.5 Å². The van der Waals surface area contributed by atoms with Gasteiger partial charge in [0.05, 0.1) is 5.56 Å². The summed E-state index contributed by atoms with van der Waals surface area (Å²) < 4.78 is 16.4. The van der Waals surface area contributed by atoms with Gasteiger partial charge in [-0.2, -0.15) is 10.1 Å². The lowest BCUT2D eigenvalue weighted by molar-refractivity contribution is 0.601. The second-order valence-electron chi connectivity index (χ2n) is 6.52. The van der Waals surface area contributed by atoms with Crippen LogP contribution in [0, 0.1) is 5.82 Å². The van der Waals surface area contributed by atoms with Gasteiger partial charge in [0, 0.05) is 25.4 Å². The van der Waals surface area contributed by atoms with Gasteiger partial charge in [-0.25, -0.2) is 14.4 Å². The minimum atomic E-state index is -0.365. The van der Waals surface area contributed by atoms with Crippen LogP contribution in [-0.4, -0.2) is 24.7 Å². The van der Waals surface area contributed by atoms with E-state index < -0.39 is 0 Å². The number of rotatable bonds is 3. The molecule has 1 aliphatic rings. The molecule has 1 aliphatic carbocycles. The lowest BCUT2D eigenvalue weighted by Gasteiger charge is -2.14. The van der Waals surface area contributed by atoms with E-state index in [0.29, 0.717) is 17.3 Å². The molecule has 0 saturated carbocycles. The Bertz CT molecular complexity index is 937. The van der Waals surface area contributed by atoms with E-state index in [0.717, 1.165) is 36.8 Å². The maximum atomic E-state index is 14.7. The number of halogens is 1. The van der Waals surface area contributed by atoms with Gasteiger partial charge in [-0.15, -0.1) is 0 Å². The molecule has 0 radical (unpaired) electrons. The number of hydrogen-bond donors (Lipinski definition) is 2. The Morgan fingerprint density at radius 3 is 2.96 bits per heavy atom. The van der Waals surface area contributed by atoms with E-state index in [4.69, 9.17) is 5.73 Å². The van der Waals surface area contributed by atoms with Crippen molar-refractivity contribution in [3.63, 3.8) is 0 Å². The molecule has 0 saturated heterocycles. The van der Waals surface area contributed by atoms with E-state index in [9.17, 15) is 4.39 Å². The molecule has 1 aromatic carbocycles. The fourth-order valence-electron chi connectivity index (χ4n) is 3.28. The van der Waals surface area contributed by atoms with Gasteiger partial charge in [0.1, 0.15) is 12.1 Å². The first-order valence-electron chi connectivity index (χ1n) is 8.64. The summed E-state index contributed by atoms with van der Waals surface area (Å²) >= 11 is 0. The summed E-state index contributed by atoms with van der Waals surface area (Å²) in [4.78, 5) is 12.6. The molecule has 0 unspecified atom stereocenters. The molecule has 0 spiro atoms. The zero-order valence-corrected chi connectivity index (χ0v) is 14.5. The first-order chi connectivity index (χ1) is 12.6. The molecular weight excluding hydrogens is 333 g/mol. The first kappa shape index (κ1) is 16.6. The second-order valence-corrected chi connectivity index (χ2v) is 6.52. The number of nitrogens with one attached hydrogen (secondary N) is 1. The molecule has 3 N–H and O–H groups in total. The van der Waals surface area contributed by atoms with Crippen LogP contribution in [0.15, 0.2) is 30.7 Å². The van der Waals surface area contributed by atoms with E-state index in [2.05, 4.69) is 25.4 Å². The van der Waals surface area contributed by atoms with Gasteiger partial charge >= 0.3 is 0 Å². The van der Waals surface area contributed by atoms with Crippen molar-refractivity contribution in [2.24, 2.45) is 12.8 Å². The van der Waals surface area contributed by atoms with E-state index in [1.165, 1.54) is 12.4 Å². The number of hydrogen-bond acceptors (Lipinski definition) is 6. The number of benzene rings is 1. The van der Waals surface area contributed by atoms with Crippen LogP contribution in [0.4, 0.5) is 16.2 Å². The highest BCUT2D eigenvalue weighted by molar-refractivity contribution is 5.60. The van der Waals surface area contributed by atoms with Crippen LogP contribution in [0.1, 0.15) is 36.4 Å². The van der Waals surface area contributed by atoms with Crippen LogP contribution in [0.5, 0.6) is 0 Å². The van der Waals surface area contributed by atoms with Crippen LogP contribution in [0.3, 0.4) is 0 Å². The summed E-state index contributed by atoms with van der Waals surface area (Å²) in [6, 6.07) is 5.05. The lowest BCUT2D eigenvalue weighted by atomic mass is 9.96. The van der Waals surface area contributed by atoms with Gasteiger partial charge in [-0.1, -0.05) is 6.42 Å². The van der Waals surface area contributed by atoms with Gasteiger partial charge in [0.2, 0.25) is 5.95 Å². The Labute approximate surface area is 150 Å². The summed E-state index contributed by atoms with van der Waals surface area (Å²) in [5.41, 5.74) is 8.52. The largest absolute Gasteiger partial charge is 0.324 e. The molecule has 134 valence electrons. The highest BCUT2D eigenvalue weighted by atomic mass is 19.1. The molecule has 0 bridgehead atoms. The van der Waals surface area contributed by atoms with Crippen LogP contribution in [0.2, 0.25) is 0 Å². The Morgan fingerprint density at radius 1 is 1.27 bits per heavy atom. The fraction of sp³-hybridized carbons (Fsp3) is 0.333. The average Bonchev–Trinajstić information content (AvgIpc) is 2.95. The molecule has 0 aliphatic heterocycles. The third-order valence-corrected chi connectivity index (χ3v) is 4.61. The number of nitrogens with two attached hydrogens (primary N) is 1. The van der Waals surface area contributed by atoms with Gasteiger partial charge in [0.15, 0.2) is 11.6 Å². The molecule has 0 amide bonds. The van der Waals surface area contributed by atoms with Crippen molar-refractivity contribution < 1.29 is 4.39 Å². The van der Waals surface area contributed by atoms with E-state index in [1.54, 1.807) is 16.9 Å². The number of aromatic nitrogens is 5. The zero-order valence-electron chi connectivity index (χ0n) is 14.5. The smallest absolute Gasteiger partial charge is 0.231 e. The second kappa shape index (κ2) is 6.80. The van der Waals surface area contributed by atoms with E-state index in [1.807, 2.05) is 13.1 Å². The molecule has 3 aromatic rings. The molecule has 4 rings (SSSR count). The van der Waals surface area contributed by atoms with Gasteiger partial charge < -0.3 is 11.1 Å². The van der Waals surface area contributed by atoms with Gasteiger partial charge in [0.25, 0.3) is 0 Å². The third-order valence-electron chi connectivity index (χ3n) is 4.61. The molecule has 2 aromatic heterocycles. The Balaban J connectivity index is 1.69. The topological polar surface area (TPSA) is 94.5 Å². The van der Waals surface area contributed by atoms with E-state index in [-0.39, 0.29) is 17.7 Å². The molecule has 0 fully saturated rings. The van der Waals surface area contributed by atoms with Gasteiger partial charge in [-0.05, 0) is 42.5 Å². The molecular formula is C18H20FN7. The van der Waals surface area contributed by atoms with Crippen molar-refractivity contribution >= 4 is 11.8 Å². The predicted molar refractivity (Wildman–Crippen MR) is 96.2 cm³/mol. The van der Waals surface area contributed by atoms with E-state index >= 15 is 0 Å². The van der Waals surface area contributed by atoms with Crippen molar-refractivity contribution in [3.8, 4) is 11.4 Å². The summed E-state index contributed by atoms with van der Waals surface area (Å²) in [7, 11) is 1.82. The number of fused-ring (bicyclic) bond motifs is 1. The minimum absolute atomic E-state index is 0.115. The SMILES string of the molecule is Cn1ccc(Nc2ncnc(-c3cc4c(cc3F)[C@H](N)CCCC4)n2)n1. The zero-order chi connectivity index (χ0) is 18.1. The summed E-state index contributed by atoms with van der Waals surface area (Å²) in [5.74, 6) is 0.852. The highest BCUT2D eigenvalue weighted by Gasteiger charge is 2.20. The Kier molecular flexibility index (Phi) is 4.34. The third kappa shape index (κ3) is 3.28. The lowest BCUT2D eigenvalue weighted by Crippen LogP contribution is -2.11. The van der Waals surface area contributed by atoms with Crippen LogP contribution >= 0.6 is 0 Å². The predicted octanol–water partition coefficient (Wildman–Crippen LogP) is 2.88. The highest BCUT2D eigenvalue weighted by Crippen LogP contribution is 2.32. The van der Waals surface area contributed by atoms with Crippen molar-refractivity contribution in [2.75, 3.05) is 5.32 Å². The summed E-state index contributed by atoms with van der Waals surface area (Å²) in [5, 5.41) is 7.22. The summed E-state index contributed by atoms with van der Waals surface area (Å²) in [6.45, 7) is 0. The molecule has 1 atom stereocenters. The van der Waals surface area contributed by atoms with Crippen molar-refractivity contribution in [2.45, 2.75) is 31.7 Å². The normalized spacial score (nSPS) is 16.8. The molecule has 8 heteroatoms. The molecule has 7 nitrogen and oxygen atoms in total. The van der Waals surface area contributed by atoms with Crippen LogP contribution < -0.4 is 11.1 Å².